The summed E-state index contributed by atoms with van der Waals surface area (Å²) < 4.78 is 0. The van der Waals surface area contributed by atoms with E-state index >= 15 is 0 Å². The van der Waals surface area contributed by atoms with Gasteiger partial charge in [0.2, 0.25) is 0 Å². The number of anilines is 3. The first-order chi connectivity index (χ1) is 28.0. The number of rotatable bonds is 7. The van der Waals surface area contributed by atoms with Crippen LogP contribution in [0.5, 0.6) is 0 Å². The van der Waals surface area contributed by atoms with Gasteiger partial charge in [0.1, 0.15) is 0 Å². The standard InChI is InChI=1S/C56H53N/c1-56(2)52-36-46(32-33-49(52)50-20-11-19-48(55(50)56)41-26-24-39(25-27-41)38-12-5-3-6-13-38)57(45-30-28-42(29-31-45)51-35-37-22-23-44(51)34-37)53-21-10-17-43-16-9-18-47(54(43)53)40-14-7-4-8-15-40/h3,5-6,9-13,16-21,24-33,36-37,40,44,51H,4,7-8,14-15,22-23,34-35H2,1-2H3. The van der Waals surface area contributed by atoms with Gasteiger partial charge in [-0.15, -0.1) is 0 Å². The van der Waals surface area contributed by atoms with Gasteiger partial charge >= 0.3 is 0 Å². The summed E-state index contributed by atoms with van der Waals surface area (Å²) in [6.45, 7) is 4.88. The Hall–Kier alpha value is -5.40. The molecule has 0 saturated heterocycles. The Kier molecular flexibility index (Phi) is 8.50. The molecule has 282 valence electrons. The first kappa shape index (κ1) is 34.8. The molecule has 0 radical (unpaired) electrons. The topological polar surface area (TPSA) is 3.24 Å². The maximum atomic E-state index is 2.60. The third-order valence-corrected chi connectivity index (χ3v) is 14.7. The lowest BCUT2D eigenvalue weighted by molar-refractivity contribution is 0.420. The van der Waals surface area contributed by atoms with Crippen LogP contribution < -0.4 is 4.90 Å². The number of nitrogens with zero attached hydrogens (tertiary/aromatic N) is 1. The van der Waals surface area contributed by atoms with Gasteiger partial charge in [0.05, 0.1) is 5.69 Å². The highest BCUT2D eigenvalue weighted by molar-refractivity contribution is 6.02. The molecule has 0 aromatic heterocycles. The van der Waals surface area contributed by atoms with Crippen LogP contribution in [0, 0.1) is 11.8 Å². The highest BCUT2D eigenvalue weighted by Crippen LogP contribution is 2.56. The lowest BCUT2D eigenvalue weighted by Gasteiger charge is -2.31. The molecule has 0 amide bonds. The molecule has 1 heteroatoms. The van der Waals surface area contributed by atoms with E-state index in [4.69, 9.17) is 0 Å². The second-order valence-corrected chi connectivity index (χ2v) is 18.3. The zero-order valence-electron chi connectivity index (χ0n) is 33.6. The maximum Gasteiger partial charge on any atom is 0.0542 e. The Morgan fingerprint density at radius 1 is 0.526 bits per heavy atom. The van der Waals surface area contributed by atoms with E-state index < -0.39 is 0 Å². The molecular formula is C56H53N. The fourth-order valence-corrected chi connectivity index (χ4v) is 12.0. The lowest BCUT2D eigenvalue weighted by atomic mass is 9.78. The number of benzene rings is 7. The molecule has 4 aliphatic carbocycles. The Morgan fingerprint density at radius 3 is 1.98 bits per heavy atom. The number of fused-ring (bicyclic) bond motifs is 6. The third-order valence-electron chi connectivity index (χ3n) is 14.7. The lowest BCUT2D eigenvalue weighted by Crippen LogP contribution is -2.18. The van der Waals surface area contributed by atoms with Crippen molar-refractivity contribution in [3.8, 4) is 33.4 Å². The van der Waals surface area contributed by atoms with Crippen molar-refractivity contribution in [2.75, 3.05) is 4.90 Å². The molecule has 3 saturated carbocycles. The van der Waals surface area contributed by atoms with Gasteiger partial charge in [-0.05, 0) is 147 Å². The average molecular weight is 740 g/mol. The quantitative estimate of drug-likeness (QED) is 0.157. The molecule has 57 heavy (non-hydrogen) atoms. The zero-order valence-corrected chi connectivity index (χ0v) is 33.6. The van der Waals surface area contributed by atoms with E-state index in [-0.39, 0.29) is 5.41 Å². The molecule has 0 heterocycles. The third kappa shape index (κ3) is 5.88. The first-order valence-electron chi connectivity index (χ1n) is 21.9. The molecule has 3 atom stereocenters. The van der Waals surface area contributed by atoms with Gasteiger partial charge < -0.3 is 4.90 Å². The van der Waals surface area contributed by atoms with E-state index in [0.29, 0.717) is 5.92 Å². The van der Waals surface area contributed by atoms with Crippen molar-refractivity contribution >= 4 is 27.8 Å². The molecule has 0 aliphatic heterocycles. The van der Waals surface area contributed by atoms with Gasteiger partial charge in [-0.1, -0.05) is 161 Å². The normalized spacial score (nSPS) is 20.8. The zero-order chi connectivity index (χ0) is 38.1. The highest BCUT2D eigenvalue weighted by atomic mass is 15.1. The molecule has 1 nitrogen and oxygen atoms in total. The van der Waals surface area contributed by atoms with Gasteiger partial charge in [-0.25, -0.2) is 0 Å². The number of hydrogen-bond acceptors (Lipinski definition) is 1. The van der Waals surface area contributed by atoms with E-state index in [1.807, 2.05) is 0 Å². The maximum absolute atomic E-state index is 2.60. The van der Waals surface area contributed by atoms with Gasteiger partial charge in [-0.2, -0.15) is 0 Å². The fourth-order valence-electron chi connectivity index (χ4n) is 12.0. The highest BCUT2D eigenvalue weighted by Gasteiger charge is 2.41. The minimum absolute atomic E-state index is 0.182. The molecule has 0 N–H and O–H groups in total. The largest absolute Gasteiger partial charge is 0.310 e. The van der Waals surface area contributed by atoms with E-state index in [2.05, 4.69) is 170 Å². The Labute approximate surface area is 339 Å². The van der Waals surface area contributed by atoms with Gasteiger partial charge in [0, 0.05) is 22.2 Å². The summed E-state index contributed by atoms with van der Waals surface area (Å²) in [6, 6.07) is 58.1. The second kappa shape index (κ2) is 13.9. The molecular weight excluding hydrogens is 687 g/mol. The summed E-state index contributed by atoms with van der Waals surface area (Å²) in [4.78, 5) is 2.60. The number of hydrogen-bond donors (Lipinski definition) is 0. The molecule has 11 rings (SSSR count). The van der Waals surface area contributed by atoms with E-state index in [9.17, 15) is 0 Å². The molecule has 7 aromatic rings. The molecule has 4 aliphatic rings. The Morgan fingerprint density at radius 2 is 1.23 bits per heavy atom. The predicted octanol–water partition coefficient (Wildman–Crippen LogP) is 15.9. The summed E-state index contributed by atoms with van der Waals surface area (Å²) in [5.41, 5.74) is 17.3. The Bertz CT molecular complexity index is 2580. The second-order valence-electron chi connectivity index (χ2n) is 18.3. The van der Waals surface area contributed by atoms with Crippen molar-refractivity contribution in [1.82, 2.24) is 0 Å². The van der Waals surface area contributed by atoms with E-state index in [1.165, 1.54) is 136 Å². The minimum Gasteiger partial charge on any atom is -0.310 e. The minimum atomic E-state index is -0.182. The fraction of sp³-hybridized carbons (Fsp3) is 0.286. The van der Waals surface area contributed by atoms with Crippen LogP contribution in [-0.4, -0.2) is 0 Å². The van der Waals surface area contributed by atoms with Crippen molar-refractivity contribution < 1.29 is 0 Å². The monoisotopic (exact) mass is 739 g/mol. The molecule has 3 unspecified atom stereocenters. The van der Waals surface area contributed by atoms with Crippen molar-refractivity contribution in [2.24, 2.45) is 11.8 Å². The van der Waals surface area contributed by atoms with Crippen molar-refractivity contribution in [2.45, 2.75) is 88.9 Å². The van der Waals surface area contributed by atoms with Crippen LogP contribution in [0.1, 0.15) is 106 Å². The van der Waals surface area contributed by atoms with Crippen LogP contribution in [0.2, 0.25) is 0 Å². The van der Waals surface area contributed by atoms with Crippen LogP contribution in [-0.2, 0) is 5.41 Å². The van der Waals surface area contributed by atoms with Crippen molar-refractivity contribution in [1.29, 1.82) is 0 Å². The van der Waals surface area contributed by atoms with Gasteiger partial charge in [0.25, 0.3) is 0 Å². The van der Waals surface area contributed by atoms with Gasteiger partial charge in [-0.3, -0.25) is 0 Å². The Balaban J connectivity index is 1.03. The molecule has 3 fully saturated rings. The molecule has 7 aromatic carbocycles. The summed E-state index contributed by atoms with van der Waals surface area (Å²) in [5, 5.41) is 2.77. The van der Waals surface area contributed by atoms with Crippen molar-refractivity contribution in [3.63, 3.8) is 0 Å². The van der Waals surface area contributed by atoms with Crippen LogP contribution in [0.4, 0.5) is 17.1 Å². The van der Waals surface area contributed by atoms with Crippen LogP contribution in [0.3, 0.4) is 0 Å². The van der Waals surface area contributed by atoms with E-state index in [1.54, 1.807) is 5.56 Å². The average Bonchev–Trinajstić information content (AvgIpc) is 3.97. The summed E-state index contributed by atoms with van der Waals surface area (Å²) >= 11 is 0. The predicted molar refractivity (Wildman–Crippen MR) is 241 cm³/mol. The van der Waals surface area contributed by atoms with E-state index in [0.717, 1.165) is 17.8 Å². The first-order valence-corrected chi connectivity index (χ1v) is 21.9. The smallest absolute Gasteiger partial charge is 0.0542 e. The summed E-state index contributed by atoms with van der Waals surface area (Å²) in [5.74, 6) is 3.16. The molecule has 2 bridgehead atoms. The van der Waals surface area contributed by atoms with Gasteiger partial charge in [0.15, 0.2) is 0 Å². The molecule has 0 spiro atoms. The van der Waals surface area contributed by atoms with Crippen LogP contribution in [0.25, 0.3) is 44.2 Å². The summed E-state index contributed by atoms with van der Waals surface area (Å²) in [6.07, 6.45) is 12.3. The SMILES string of the molecule is CC1(C)c2cc(N(c3ccc(C4CC5CCC4C5)cc3)c3cccc4cccc(C5CCCCC5)c34)ccc2-c2cccc(-c3ccc(-c4ccccc4)cc3)c21. The van der Waals surface area contributed by atoms with Crippen molar-refractivity contribution in [3.05, 3.63) is 174 Å². The van der Waals surface area contributed by atoms with Crippen LogP contribution in [0.15, 0.2) is 152 Å². The van der Waals surface area contributed by atoms with Crippen LogP contribution >= 0.6 is 0 Å². The summed E-state index contributed by atoms with van der Waals surface area (Å²) in [7, 11) is 0.